The normalized spacial score (nSPS) is 22.7. The van der Waals surface area contributed by atoms with Crippen LogP contribution >= 0.6 is 0 Å². The maximum Gasteiger partial charge on any atom is 0.335 e. The van der Waals surface area contributed by atoms with Crippen molar-refractivity contribution in [3.05, 3.63) is 65.2 Å². The van der Waals surface area contributed by atoms with Crippen molar-refractivity contribution in [2.75, 3.05) is 31.2 Å². The first-order valence-electron chi connectivity index (χ1n) is 11.2. The number of benzene rings is 2. The molecule has 0 saturated carbocycles. The second kappa shape index (κ2) is 10.1. The summed E-state index contributed by atoms with van der Waals surface area (Å²) in [5.41, 5.74) is 1.49. The van der Waals surface area contributed by atoms with E-state index in [9.17, 15) is 23.1 Å². The molecule has 3 aliphatic heterocycles. The van der Waals surface area contributed by atoms with E-state index in [0.717, 1.165) is 38.7 Å². The second-order valence-electron chi connectivity index (χ2n) is 8.92. The molecule has 2 bridgehead atoms. The summed E-state index contributed by atoms with van der Waals surface area (Å²) in [6.45, 7) is 2.72. The smallest absolute Gasteiger partial charge is 0.335 e. The van der Waals surface area contributed by atoms with Crippen LogP contribution in [0, 0.1) is 5.92 Å². The fourth-order valence-corrected chi connectivity index (χ4v) is 5.00. The van der Waals surface area contributed by atoms with Crippen LogP contribution in [0.25, 0.3) is 0 Å². The maximum atomic E-state index is 13.3. The van der Waals surface area contributed by atoms with Gasteiger partial charge in [-0.25, -0.2) is 22.7 Å². The molecule has 3 aliphatic rings. The monoisotopic (exact) mass is 487 g/mol. The van der Waals surface area contributed by atoms with Gasteiger partial charge in [-0.2, -0.15) is 0 Å². The van der Waals surface area contributed by atoms with Crippen LogP contribution in [-0.2, 0) is 26.1 Å². The van der Waals surface area contributed by atoms with Crippen molar-refractivity contribution in [1.29, 1.82) is 0 Å². The molecule has 9 nitrogen and oxygen atoms in total. The van der Waals surface area contributed by atoms with E-state index in [1.807, 2.05) is 30.3 Å². The third kappa shape index (κ3) is 6.13. The Morgan fingerprint density at radius 2 is 1.85 bits per heavy atom. The molecule has 182 valence electrons. The largest absolute Gasteiger partial charge is 0.478 e. The summed E-state index contributed by atoms with van der Waals surface area (Å²) in [5, 5.41) is 12.7. The number of nitrogens with zero attached hydrogens (tertiary/aromatic N) is 1. The molecule has 3 saturated heterocycles. The van der Waals surface area contributed by atoms with Gasteiger partial charge in [0.1, 0.15) is 6.10 Å². The number of carbonyl (C=O) groups is 2. The quantitative estimate of drug-likeness (QED) is 0.460. The third-order valence-electron chi connectivity index (χ3n) is 6.32. The highest BCUT2D eigenvalue weighted by molar-refractivity contribution is 7.88. The van der Waals surface area contributed by atoms with Gasteiger partial charge in [0.05, 0.1) is 11.8 Å². The van der Waals surface area contributed by atoms with Crippen molar-refractivity contribution in [1.82, 2.24) is 9.62 Å². The van der Waals surface area contributed by atoms with Gasteiger partial charge >= 0.3 is 11.9 Å². The fraction of sp³-hybridized carbons (Fsp3) is 0.417. The Hall–Kier alpha value is -2.95. The molecule has 34 heavy (non-hydrogen) atoms. The molecule has 1 unspecified atom stereocenters. The number of esters is 1. The van der Waals surface area contributed by atoms with Gasteiger partial charge in [-0.3, -0.25) is 4.90 Å². The lowest BCUT2D eigenvalue weighted by Crippen LogP contribution is -2.52. The molecule has 3 heterocycles. The number of hydrogen-bond donors (Lipinski definition) is 3. The minimum absolute atomic E-state index is 0.0205. The minimum atomic E-state index is -3.46. The molecule has 3 N–H and O–H groups in total. The fourth-order valence-electron chi connectivity index (χ4n) is 4.57. The van der Waals surface area contributed by atoms with Crippen LogP contribution in [-0.4, -0.2) is 62.4 Å². The van der Waals surface area contributed by atoms with Gasteiger partial charge in [0.15, 0.2) is 6.04 Å². The van der Waals surface area contributed by atoms with Crippen molar-refractivity contribution in [3.63, 3.8) is 0 Å². The van der Waals surface area contributed by atoms with Gasteiger partial charge in [-0.15, -0.1) is 0 Å². The number of piperidine rings is 3. The summed E-state index contributed by atoms with van der Waals surface area (Å²) in [7, 11) is -3.46. The summed E-state index contributed by atoms with van der Waals surface area (Å²) in [5.74, 6) is -1.23. The number of carbonyl (C=O) groups excluding carboxylic acids is 1. The number of fused-ring (bicyclic) bond motifs is 3. The Balaban J connectivity index is 1.59. The van der Waals surface area contributed by atoms with E-state index in [0.29, 0.717) is 22.7 Å². The Morgan fingerprint density at radius 1 is 1.15 bits per heavy atom. The zero-order valence-corrected chi connectivity index (χ0v) is 19.8. The standard InChI is InChI=1S/C24H29N3O6S/c1-34(31,32)25-14-16-11-19(23(28)29)13-20(12-16)26-22(18-5-3-2-4-6-18)24(30)33-21-15-27-9-7-17(21)8-10-27/h2-6,11-13,17,21-22,25-26H,7-10,14-15H2,1H3,(H,28,29)/t21-,22?/m0/s1. The van der Waals surface area contributed by atoms with E-state index in [1.165, 1.54) is 12.1 Å². The number of sulfonamides is 1. The average molecular weight is 488 g/mol. The molecule has 0 spiro atoms. The van der Waals surface area contributed by atoms with E-state index in [-0.39, 0.29) is 18.2 Å². The van der Waals surface area contributed by atoms with Crippen LogP contribution in [0.4, 0.5) is 5.69 Å². The number of anilines is 1. The Bertz CT molecular complexity index is 1150. The van der Waals surface area contributed by atoms with Crippen molar-refractivity contribution < 1.29 is 27.9 Å². The third-order valence-corrected chi connectivity index (χ3v) is 6.99. The van der Waals surface area contributed by atoms with Crippen molar-refractivity contribution in [2.24, 2.45) is 5.92 Å². The first-order valence-corrected chi connectivity index (χ1v) is 13.1. The van der Waals surface area contributed by atoms with Crippen LogP contribution in [0.3, 0.4) is 0 Å². The lowest BCUT2D eigenvalue weighted by atomic mass is 9.86. The van der Waals surface area contributed by atoms with Crippen LogP contribution in [0.1, 0.15) is 40.4 Å². The molecule has 0 aliphatic carbocycles. The van der Waals surface area contributed by atoms with Gasteiger partial charge in [0.25, 0.3) is 0 Å². The Labute approximate surface area is 199 Å². The summed E-state index contributed by atoms with van der Waals surface area (Å²) in [6.07, 6.45) is 2.89. The topological polar surface area (TPSA) is 125 Å². The zero-order chi connectivity index (χ0) is 24.3. The molecule has 0 aromatic heterocycles. The molecule has 5 rings (SSSR count). The summed E-state index contributed by atoms with van der Waals surface area (Å²) in [6, 6.07) is 12.7. The minimum Gasteiger partial charge on any atom is -0.478 e. The second-order valence-corrected chi connectivity index (χ2v) is 10.8. The van der Waals surface area contributed by atoms with Crippen molar-refractivity contribution in [2.45, 2.75) is 31.5 Å². The molecule has 2 aromatic carbocycles. The predicted octanol–water partition coefficient (Wildman–Crippen LogP) is 2.22. The molecular weight excluding hydrogens is 458 g/mol. The van der Waals surface area contributed by atoms with Gasteiger partial charge in [-0.05, 0) is 61.2 Å². The number of rotatable bonds is 9. The predicted molar refractivity (Wildman–Crippen MR) is 127 cm³/mol. The highest BCUT2D eigenvalue weighted by Gasteiger charge is 2.38. The molecular formula is C24H29N3O6S. The van der Waals surface area contributed by atoms with E-state index in [2.05, 4.69) is 14.9 Å². The van der Waals surface area contributed by atoms with E-state index >= 15 is 0 Å². The highest BCUT2D eigenvalue weighted by atomic mass is 32.2. The van der Waals surface area contributed by atoms with Crippen molar-refractivity contribution in [3.8, 4) is 0 Å². The van der Waals surface area contributed by atoms with Gasteiger partial charge < -0.3 is 15.2 Å². The zero-order valence-electron chi connectivity index (χ0n) is 18.9. The number of hydrogen-bond acceptors (Lipinski definition) is 7. The SMILES string of the molecule is CS(=O)(=O)NCc1cc(NC(C(=O)O[C@H]2CN3CCC2CC3)c2ccccc2)cc(C(=O)O)c1. The first-order chi connectivity index (χ1) is 16.2. The van der Waals surface area contributed by atoms with Crippen LogP contribution < -0.4 is 10.0 Å². The number of ether oxygens (including phenoxy) is 1. The molecule has 3 fully saturated rings. The summed E-state index contributed by atoms with van der Waals surface area (Å²) in [4.78, 5) is 27.3. The number of carboxylic acid groups (broad SMARTS) is 1. The van der Waals surface area contributed by atoms with E-state index < -0.39 is 28.0 Å². The van der Waals surface area contributed by atoms with E-state index in [4.69, 9.17) is 4.74 Å². The van der Waals surface area contributed by atoms with E-state index in [1.54, 1.807) is 6.07 Å². The van der Waals surface area contributed by atoms with Gasteiger partial charge in [0, 0.05) is 18.8 Å². The first kappa shape index (κ1) is 24.2. The molecule has 0 amide bonds. The van der Waals surface area contributed by atoms with Crippen LogP contribution in [0.2, 0.25) is 0 Å². The number of aromatic carboxylic acids is 1. The lowest BCUT2D eigenvalue weighted by molar-refractivity contribution is -0.159. The number of carboxylic acids is 1. The van der Waals surface area contributed by atoms with Crippen LogP contribution in [0.5, 0.6) is 0 Å². The lowest BCUT2D eigenvalue weighted by Gasteiger charge is -2.44. The molecule has 2 aromatic rings. The number of nitrogens with one attached hydrogen (secondary N) is 2. The average Bonchev–Trinajstić information content (AvgIpc) is 2.82. The van der Waals surface area contributed by atoms with Crippen molar-refractivity contribution >= 4 is 27.6 Å². The summed E-state index contributed by atoms with van der Waals surface area (Å²) < 4.78 is 31.3. The highest BCUT2D eigenvalue weighted by Crippen LogP contribution is 2.31. The van der Waals surface area contributed by atoms with Crippen LogP contribution in [0.15, 0.2) is 48.5 Å². The maximum absolute atomic E-state index is 13.3. The Kier molecular flexibility index (Phi) is 7.20. The molecule has 0 radical (unpaired) electrons. The van der Waals surface area contributed by atoms with Gasteiger partial charge in [0.2, 0.25) is 10.0 Å². The Morgan fingerprint density at radius 3 is 2.44 bits per heavy atom. The molecule has 2 atom stereocenters. The summed E-state index contributed by atoms with van der Waals surface area (Å²) >= 11 is 0. The molecule has 10 heteroatoms. The van der Waals surface area contributed by atoms with Gasteiger partial charge in [-0.1, -0.05) is 30.3 Å².